The molecular weight excluding hydrogens is 280 g/mol. The van der Waals surface area contributed by atoms with Gasteiger partial charge in [-0.3, -0.25) is 0 Å². The van der Waals surface area contributed by atoms with E-state index in [4.69, 9.17) is 14.7 Å². The van der Waals surface area contributed by atoms with Crippen LogP contribution >= 0.6 is 22.4 Å². The molecule has 0 spiro atoms. The van der Waals surface area contributed by atoms with Crippen LogP contribution in [0.15, 0.2) is 0 Å². The van der Waals surface area contributed by atoms with Gasteiger partial charge in [-0.1, -0.05) is 0 Å². The van der Waals surface area contributed by atoms with E-state index in [1.807, 2.05) is 0 Å². The van der Waals surface area contributed by atoms with Crippen molar-refractivity contribution in [1.82, 2.24) is 0 Å². The molecule has 1 aliphatic heterocycles. The zero-order valence-corrected chi connectivity index (χ0v) is 9.62. The van der Waals surface area contributed by atoms with Crippen molar-refractivity contribution in [3.63, 3.8) is 0 Å². The second-order valence-electron chi connectivity index (χ2n) is 1.88. The smallest absolute Gasteiger partial charge is 0.342 e. The van der Waals surface area contributed by atoms with Gasteiger partial charge in [-0.15, -0.1) is 0 Å². The van der Waals surface area contributed by atoms with Gasteiger partial charge in [-0.2, -0.15) is 4.31 Å². The first-order chi connectivity index (χ1) is 6.12. The lowest BCUT2D eigenvalue weighted by atomic mass is 10.4. The predicted molar refractivity (Wildman–Crippen MR) is 46.2 cm³/mol. The molecular formula is H3BO9P3S. The van der Waals surface area contributed by atoms with Gasteiger partial charge in [0, 0.05) is 0 Å². The molecule has 0 aliphatic carbocycles. The Bertz CT molecular complexity index is 331. The van der Waals surface area contributed by atoms with E-state index >= 15 is 0 Å². The Balaban J connectivity index is 2.93. The molecule has 0 aromatic rings. The van der Waals surface area contributed by atoms with Crippen molar-refractivity contribution in [3.05, 3.63) is 0 Å². The predicted octanol–water partition coefficient (Wildman–Crippen LogP) is 0.0182. The van der Waals surface area contributed by atoms with Crippen LogP contribution in [0.25, 0.3) is 0 Å². The summed E-state index contributed by atoms with van der Waals surface area (Å²) in [6.07, 6.45) is 0. The summed E-state index contributed by atoms with van der Waals surface area (Å²) in [5.41, 5.74) is 0. The fourth-order valence-electron chi connectivity index (χ4n) is 0.442. The summed E-state index contributed by atoms with van der Waals surface area (Å²) in [6, 6.07) is 0. The largest absolute Gasteiger partial charge is 0.504 e. The maximum absolute atomic E-state index is 10.8. The molecule has 14 heteroatoms. The van der Waals surface area contributed by atoms with Crippen LogP contribution in [0.2, 0.25) is 0 Å². The monoisotopic (exact) mass is 283 g/mol. The van der Waals surface area contributed by atoms with Crippen molar-refractivity contribution >= 4 is 41.9 Å². The van der Waals surface area contributed by atoms with Gasteiger partial charge in [-0.25, -0.2) is 13.4 Å². The van der Waals surface area contributed by atoms with Gasteiger partial charge < -0.3 is 23.6 Å². The number of hydrogen-bond donors (Lipinski definition) is 3. The highest BCUT2D eigenvalue weighted by molar-refractivity contribution is 8.08. The molecule has 0 aromatic heterocycles. The Kier molecular flexibility index (Phi) is 3.75. The molecule has 1 saturated heterocycles. The van der Waals surface area contributed by atoms with Gasteiger partial charge in [0.25, 0.3) is 0 Å². The van der Waals surface area contributed by atoms with Crippen LogP contribution in [0.1, 0.15) is 0 Å². The average molecular weight is 283 g/mol. The molecule has 0 bridgehead atoms. The molecule has 1 aliphatic rings. The maximum atomic E-state index is 10.8. The third kappa shape index (κ3) is 4.18. The van der Waals surface area contributed by atoms with E-state index in [1.165, 1.54) is 0 Å². The zero-order chi connectivity index (χ0) is 11.0. The van der Waals surface area contributed by atoms with Crippen LogP contribution in [0.3, 0.4) is 0 Å². The van der Waals surface area contributed by atoms with E-state index in [9.17, 15) is 9.13 Å². The summed E-state index contributed by atoms with van der Waals surface area (Å²) >= 11 is 4.19. The van der Waals surface area contributed by atoms with Crippen LogP contribution in [0.4, 0.5) is 0 Å². The molecule has 1 rings (SSSR count). The molecule has 14 heavy (non-hydrogen) atoms. The minimum atomic E-state index is -4.99. The Labute approximate surface area is 83.7 Å². The van der Waals surface area contributed by atoms with Crippen LogP contribution in [-0.2, 0) is 38.4 Å². The molecule has 1 fully saturated rings. The summed E-state index contributed by atoms with van der Waals surface area (Å²) < 4.78 is 37.1. The van der Waals surface area contributed by atoms with E-state index in [0.717, 1.165) is 0 Å². The average Bonchev–Trinajstić information content (AvgIpc) is 1.75. The molecule has 1 radical (unpaired) electrons. The van der Waals surface area contributed by atoms with E-state index in [-0.39, 0.29) is 7.69 Å². The summed E-state index contributed by atoms with van der Waals surface area (Å²) in [5, 5.41) is 0. The molecule has 9 nitrogen and oxygen atoms in total. The SMILES string of the molecule is O=P1(O)O[B]OP(O)(=S)OP(=O)(O)O1. The molecule has 3 N–H and O–H groups in total. The molecule has 3 atom stereocenters. The van der Waals surface area contributed by atoms with Gasteiger partial charge in [0.15, 0.2) is 0 Å². The topological polar surface area (TPSA) is 132 Å². The Morgan fingerprint density at radius 2 is 1.57 bits per heavy atom. The van der Waals surface area contributed by atoms with Gasteiger partial charge in [0.2, 0.25) is 0 Å². The highest BCUT2D eigenvalue weighted by Crippen LogP contribution is 2.69. The van der Waals surface area contributed by atoms with Crippen molar-refractivity contribution in [3.8, 4) is 0 Å². The van der Waals surface area contributed by atoms with Crippen molar-refractivity contribution < 1.29 is 41.3 Å². The highest BCUT2D eigenvalue weighted by atomic mass is 32.5. The molecule has 0 amide bonds. The van der Waals surface area contributed by atoms with Crippen molar-refractivity contribution in [2.24, 2.45) is 0 Å². The first-order valence-electron chi connectivity index (χ1n) is 2.71. The van der Waals surface area contributed by atoms with E-state index < -0.39 is 22.4 Å². The van der Waals surface area contributed by atoms with E-state index in [1.54, 1.807) is 0 Å². The maximum Gasteiger partial charge on any atom is 0.504 e. The van der Waals surface area contributed by atoms with Gasteiger partial charge >= 0.3 is 30.0 Å². The second kappa shape index (κ2) is 4.05. The normalized spacial score (nSPS) is 50.2. The van der Waals surface area contributed by atoms with Crippen molar-refractivity contribution in [2.45, 2.75) is 0 Å². The molecule has 1 heterocycles. The Hall–Kier alpha value is 0.895. The second-order valence-corrected chi connectivity index (χ2v) is 7.80. The summed E-state index contributed by atoms with van der Waals surface area (Å²) in [5.74, 6) is 0. The first kappa shape index (κ1) is 13.0. The molecule has 0 saturated carbocycles. The minimum absolute atomic E-state index is 0.209. The Morgan fingerprint density at radius 1 is 1.00 bits per heavy atom. The third-order valence-corrected chi connectivity index (χ3v) is 5.63. The lowest BCUT2D eigenvalue weighted by Gasteiger charge is -2.23. The standard InChI is InChI=1S/BH3O9P3S/c2-11(3)7-1-8-13(6,14)10-12(4,5)9-11/h(H,2,3)(H,4,5)(H,6,14). The fraction of sp³-hybridized carbons (Fsp3) is 0. The lowest BCUT2D eigenvalue weighted by Crippen LogP contribution is -2.08. The fourth-order valence-corrected chi connectivity index (χ4v) is 4.46. The van der Waals surface area contributed by atoms with Gasteiger partial charge in [0.05, 0.1) is 0 Å². The van der Waals surface area contributed by atoms with Crippen LogP contribution in [-0.4, -0.2) is 22.4 Å². The first-order valence-corrected chi connectivity index (χ1v) is 8.30. The minimum Gasteiger partial charge on any atom is -0.342 e. The summed E-state index contributed by atoms with van der Waals surface area (Å²) in [4.78, 5) is 26.4. The van der Waals surface area contributed by atoms with E-state index in [0.29, 0.717) is 0 Å². The van der Waals surface area contributed by atoms with Crippen LogP contribution in [0, 0.1) is 0 Å². The van der Waals surface area contributed by atoms with Crippen LogP contribution in [0.5, 0.6) is 0 Å². The Morgan fingerprint density at radius 3 is 2.14 bits per heavy atom. The number of hydrogen-bond acceptors (Lipinski definition) is 7. The highest BCUT2D eigenvalue weighted by Gasteiger charge is 2.43. The lowest BCUT2D eigenvalue weighted by molar-refractivity contribution is 0.207. The van der Waals surface area contributed by atoms with Crippen LogP contribution < -0.4 is 0 Å². The van der Waals surface area contributed by atoms with E-state index in [2.05, 4.69) is 29.3 Å². The quantitative estimate of drug-likeness (QED) is 0.412. The zero-order valence-electron chi connectivity index (χ0n) is 6.12. The number of phosphoric acid groups is 2. The van der Waals surface area contributed by atoms with Crippen molar-refractivity contribution in [1.29, 1.82) is 0 Å². The molecule has 81 valence electrons. The van der Waals surface area contributed by atoms with Gasteiger partial charge in [-0.05, 0) is 11.8 Å². The van der Waals surface area contributed by atoms with Gasteiger partial charge in [0.1, 0.15) is 0 Å². The van der Waals surface area contributed by atoms with Crippen molar-refractivity contribution in [2.75, 3.05) is 0 Å². The molecule has 0 aromatic carbocycles. The summed E-state index contributed by atoms with van der Waals surface area (Å²) in [6.45, 7) is -4.05. The number of rotatable bonds is 0. The third-order valence-electron chi connectivity index (χ3n) is 0.765. The molecule has 3 unspecified atom stereocenters. The summed E-state index contributed by atoms with van der Waals surface area (Å²) in [7, 11) is -9.57.